The summed E-state index contributed by atoms with van der Waals surface area (Å²) in [7, 11) is 2.06. The number of urea groups is 1. The smallest absolute Gasteiger partial charge is 0.335 e. The number of carboxylic acids is 1. The van der Waals surface area contributed by atoms with Gasteiger partial charge in [-0.3, -0.25) is 0 Å². The number of hydrogen-bond acceptors (Lipinski definition) is 3. The van der Waals surface area contributed by atoms with Gasteiger partial charge < -0.3 is 20.6 Å². The van der Waals surface area contributed by atoms with E-state index in [9.17, 15) is 9.59 Å². The lowest BCUT2D eigenvalue weighted by Gasteiger charge is -2.20. The van der Waals surface area contributed by atoms with Gasteiger partial charge >= 0.3 is 12.0 Å². The van der Waals surface area contributed by atoms with Crippen LogP contribution in [0.5, 0.6) is 0 Å². The molecule has 6 nitrogen and oxygen atoms in total. The lowest BCUT2D eigenvalue weighted by atomic mass is 10.1. The molecular weight excluding hydrogens is 270 g/mol. The number of benzene rings is 1. The minimum Gasteiger partial charge on any atom is -0.478 e. The topological polar surface area (TPSA) is 81.7 Å². The standard InChI is InChI=1S/C15H21N3O3/c1-10-8-11(14(19)20)5-6-13(10)17-15(21)16-9-12-4-3-7-18(12)2/h5-6,8,12H,3-4,7,9H2,1-2H3,(H,19,20)(H2,16,17,21). The third kappa shape index (κ3) is 3.95. The van der Waals surface area contributed by atoms with Gasteiger partial charge in [-0.25, -0.2) is 9.59 Å². The molecule has 1 fully saturated rings. The zero-order valence-electron chi connectivity index (χ0n) is 12.3. The van der Waals surface area contributed by atoms with E-state index in [0.29, 0.717) is 18.3 Å². The molecule has 0 radical (unpaired) electrons. The average molecular weight is 291 g/mol. The molecular formula is C15H21N3O3. The summed E-state index contributed by atoms with van der Waals surface area (Å²) in [5.74, 6) is -0.974. The molecule has 0 saturated carbocycles. The molecule has 1 atom stereocenters. The number of likely N-dealkylation sites (N-methyl/N-ethyl adjacent to an activating group) is 1. The van der Waals surface area contributed by atoms with E-state index in [0.717, 1.165) is 18.5 Å². The summed E-state index contributed by atoms with van der Waals surface area (Å²) < 4.78 is 0. The number of aryl methyl sites for hydroxylation is 1. The van der Waals surface area contributed by atoms with Crippen molar-refractivity contribution < 1.29 is 14.7 Å². The molecule has 2 rings (SSSR count). The number of nitrogens with one attached hydrogen (secondary N) is 2. The van der Waals surface area contributed by atoms with Crippen molar-refractivity contribution >= 4 is 17.7 Å². The number of nitrogens with zero attached hydrogens (tertiary/aromatic N) is 1. The second-order valence-corrected chi connectivity index (χ2v) is 5.45. The van der Waals surface area contributed by atoms with Crippen LogP contribution in [-0.4, -0.2) is 48.2 Å². The van der Waals surface area contributed by atoms with Crippen molar-refractivity contribution in [3.63, 3.8) is 0 Å². The van der Waals surface area contributed by atoms with Crippen LogP contribution >= 0.6 is 0 Å². The molecule has 21 heavy (non-hydrogen) atoms. The van der Waals surface area contributed by atoms with Crippen molar-refractivity contribution in [1.82, 2.24) is 10.2 Å². The predicted octanol–water partition coefficient (Wildman–Crippen LogP) is 1.91. The van der Waals surface area contributed by atoms with Crippen LogP contribution < -0.4 is 10.6 Å². The monoisotopic (exact) mass is 291 g/mol. The number of aromatic carboxylic acids is 1. The summed E-state index contributed by atoms with van der Waals surface area (Å²) in [4.78, 5) is 25.0. The highest BCUT2D eigenvalue weighted by atomic mass is 16.4. The molecule has 1 unspecified atom stereocenters. The molecule has 1 aliphatic heterocycles. The Kier molecular flexibility index (Phi) is 4.80. The lowest BCUT2D eigenvalue weighted by Crippen LogP contribution is -2.40. The summed E-state index contributed by atoms with van der Waals surface area (Å²) in [6.45, 7) is 3.46. The fourth-order valence-corrected chi connectivity index (χ4v) is 2.55. The van der Waals surface area contributed by atoms with Gasteiger partial charge in [0, 0.05) is 18.3 Å². The van der Waals surface area contributed by atoms with E-state index in [2.05, 4.69) is 22.6 Å². The van der Waals surface area contributed by atoms with Crippen molar-refractivity contribution in [2.75, 3.05) is 25.5 Å². The van der Waals surface area contributed by atoms with Crippen molar-refractivity contribution in [2.24, 2.45) is 0 Å². The molecule has 0 bridgehead atoms. The van der Waals surface area contributed by atoms with Crippen LogP contribution in [0.25, 0.3) is 0 Å². The second kappa shape index (κ2) is 6.58. The molecule has 1 aromatic rings. The molecule has 0 aliphatic carbocycles. The number of carbonyl (C=O) groups excluding carboxylic acids is 1. The van der Waals surface area contributed by atoms with Gasteiger partial charge in [-0.05, 0) is 57.1 Å². The maximum absolute atomic E-state index is 11.9. The van der Waals surface area contributed by atoms with E-state index in [1.165, 1.54) is 12.5 Å². The molecule has 114 valence electrons. The highest BCUT2D eigenvalue weighted by Crippen LogP contribution is 2.17. The number of hydrogen-bond donors (Lipinski definition) is 3. The third-order valence-corrected chi connectivity index (χ3v) is 3.89. The van der Waals surface area contributed by atoms with Gasteiger partial charge in [-0.1, -0.05) is 0 Å². The number of amides is 2. The molecule has 0 aromatic heterocycles. The number of anilines is 1. The minimum absolute atomic E-state index is 0.214. The van der Waals surface area contributed by atoms with E-state index in [4.69, 9.17) is 5.11 Å². The largest absolute Gasteiger partial charge is 0.478 e. The Morgan fingerprint density at radius 2 is 2.19 bits per heavy atom. The van der Waals surface area contributed by atoms with Gasteiger partial charge in [-0.15, -0.1) is 0 Å². The molecule has 1 aliphatic rings. The van der Waals surface area contributed by atoms with Crippen LogP contribution in [0.2, 0.25) is 0 Å². The fraction of sp³-hybridized carbons (Fsp3) is 0.467. The maximum Gasteiger partial charge on any atom is 0.335 e. The highest BCUT2D eigenvalue weighted by molar-refractivity contribution is 5.92. The Hall–Kier alpha value is -2.08. The van der Waals surface area contributed by atoms with Gasteiger partial charge in [0.1, 0.15) is 0 Å². The first kappa shape index (κ1) is 15.3. The van der Waals surface area contributed by atoms with Crippen LogP contribution in [0.4, 0.5) is 10.5 Å². The van der Waals surface area contributed by atoms with E-state index >= 15 is 0 Å². The summed E-state index contributed by atoms with van der Waals surface area (Å²) >= 11 is 0. The first-order valence-corrected chi connectivity index (χ1v) is 7.06. The summed E-state index contributed by atoms with van der Waals surface area (Å²) in [6, 6.07) is 4.77. The average Bonchev–Trinajstić information content (AvgIpc) is 2.84. The maximum atomic E-state index is 11.9. The van der Waals surface area contributed by atoms with E-state index < -0.39 is 5.97 Å². The first-order chi connectivity index (χ1) is 9.97. The predicted molar refractivity (Wildman–Crippen MR) is 80.8 cm³/mol. The molecule has 6 heteroatoms. The molecule has 2 amide bonds. The van der Waals surface area contributed by atoms with Crippen LogP contribution in [0.15, 0.2) is 18.2 Å². The van der Waals surface area contributed by atoms with Crippen LogP contribution in [0, 0.1) is 6.92 Å². The Morgan fingerprint density at radius 3 is 2.76 bits per heavy atom. The Balaban J connectivity index is 1.89. The van der Waals surface area contributed by atoms with Crippen LogP contribution in [-0.2, 0) is 0 Å². The zero-order valence-corrected chi connectivity index (χ0v) is 12.3. The lowest BCUT2D eigenvalue weighted by molar-refractivity contribution is 0.0697. The number of rotatable bonds is 4. The number of carboxylic acid groups (broad SMARTS) is 1. The summed E-state index contributed by atoms with van der Waals surface area (Å²) in [5.41, 5.74) is 1.56. The second-order valence-electron chi connectivity index (χ2n) is 5.45. The van der Waals surface area contributed by atoms with Gasteiger partial charge in [-0.2, -0.15) is 0 Å². The summed E-state index contributed by atoms with van der Waals surface area (Å²) in [6.07, 6.45) is 2.27. The molecule has 3 N–H and O–H groups in total. The minimum atomic E-state index is -0.974. The third-order valence-electron chi connectivity index (χ3n) is 3.89. The van der Waals surface area contributed by atoms with Gasteiger partial charge in [0.15, 0.2) is 0 Å². The van der Waals surface area contributed by atoms with Gasteiger partial charge in [0.05, 0.1) is 5.56 Å². The Bertz CT molecular complexity index is 545. The SMILES string of the molecule is Cc1cc(C(=O)O)ccc1NC(=O)NCC1CCCN1C. The van der Waals surface area contributed by atoms with E-state index in [1.807, 2.05) is 0 Å². The van der Waals surface area contributed by atoms with Crippen molar-refractivity contribution in [2.45, 2.75) is 25.8 Å². The van der Waals surface area contributed by atoms with E-state index in [1.54, 1.807) is 19.1 Å². The molecule has 1 heterocycles. The van der Waals surface area contributed by atoms with E-state index in [-0.39, 0.29) is 11.6 Å². The summed E-state index contributed by atoms with van der Waals surface area (Å²) in [5, 5.41) is 14.5. The molecule has 1 aromatic carbocycles. The van der Waals surface area contributed by atoms with Gasteiger partial charge in [0.2, 0.25) is 0 Å². The Labute approximate surface area is 124 Å². The number of likely N-dealkylation sites (tertiary alicyclic amines) is 1. The Morgan fingerprint density at radius 1 is 1.43 bits per heavy atom. The zero-order chi connectivity index (χ0) is 15.4. The van der Waals surface area contributed by atoms with Crippen LogP contribution in [0.3, 0.4) is 0 Å². The highest BCUT2D eigenvalue weighted by Gasteiger charge is 2.21. The normalized spacial score (nSPS) is 18.5. The van der Waals surface area contributed by atoms with Gasteiger partial charge in [0.25, 0.3) is 0 Å². The molecule has 1 saturated heterocycles. The number of carbonyl (C=O) groups is 2. The first-order valence-electron chi connectivity index (χ1n) is 7.06. The van der Waals surface area contributed by atoms with Crippen molar-refractivity contribution in [3.8, 4) is 0 Å². The fourth-order valence-electron chi connectivity index (χ4n) is 2.55. The quantitative estimate of drug-likeness (QED) is 0.791. The van der Waals surface area contributed by atoms with Crippen molar-refractivity contribution in [1.29, 1.82) is 0 Å². The van der Waals surface area contributed by atoms with Crippen molar-refractivity contribution in [3.05, 3.63) is 29.3 Å². The molecule has 0 spiro atoms. The van der Waals surface area contributed by atoms with Crippen LogP contribution in [0.1, 0.15) is 28.8 Å².